The molecule has 0 aliphatic carbocycles. The zero-order valence-electron chi connectivity index (χ0n) is 12.8. The highest BCUT2D eigenvalue weighted by Crippen LogP contribution is 2.15. The lowest BCUT2D eigenvalue weighted by atomic mass is 10.1. The van der Waals surface area contributed by atoms with Crippen LogP contribution in [0.2, 0.25) is 0 Å². The normalized spacial score (nSPS) is 12.3. The number of imidazole rings is 1. The Kier molecular flexibility index (Phi) is 3.92. The van der Waals surface area contributed by atoms with Crippen LogP contribution in [0.15, 0.2) is 48.5 Å². The molecule has 0 unspecified atom stereocenters. The van der Waals surface area contributed by atoms with E-state index >= 15 is 0 Å². The van der Waals surface area contributed by atoms with Gasteiger partial charge in [-0.05, 0) is 31.5 Å². The molecule has 1 atom stereocenters. The Bertz CT molecular complexity index is 756. The van der Waals surface area contributed by atoms with Gasteiger partial charge in [0, 0.05) is 0 Å². The van der Waals surface area contributed by atoms with Crippen LogP contribution in [0.3, 0.4) is 0 Å². The van der Waals surface area contributed by atoms with Crippen molar-refractivity contribution in [2.24, 2.45) is 0 Å². The summed E-state index contributed by atoms with van der Waals surface area (Å²) in [6.07, 6.45) is 0.380. The number of amides is 1. The monoisotopic (exact) mass is 293 g/mol. The van der Waals surface area contributed by atoms with E-state index < -0.39 is 0 Å². The molecular formula is C18H19N3O. The number of carbonyl (C=O) groups is 1. The predicted molar refractivity (Wildman–Crippen MR) is 87.5 cm³/mol. The second-order valence-electron chi connectivity index (χ2n) is 5.59. The van der Waals surface area contributed by atoms with E-state index in [-0.39, 0.29) is 11.9 Å². The molecule has 0 aliphatic rings. The number of hydrogen-bond acceptors (Lipinski definition) is 2. The largest absolute Gasteiger partial charge is 0.346 e. The molecule has 3 aromatic rings. The first kappa shape index (κ1) is 14.3. The molecule has 0 radical (unpaired) electrons. The number of benzene rings is 2. The number of H-pyrrole nitrogens is 1. The average molecular weight is 293 g/mol. The van der Waals surface area contributed by atoms with Crippen molar-refractivity contribution in [1.29, 1.82) is 0 Å². The van der Waals surface area contributed by atoms with Crippen LogP contribution in [-0.4, -0.2) is 15.9 Å². The summed E-state index contributed by atoms with van der Waals surface area (Å²) < 4.78 is 0. The number of nitrogens with zero attached hydrogens (tertiary/aromatic N) is 1. The maximum absolute atomic E-state index is 12.1. The Morgan fingerprint density at radius 1 is 1.18 bits per heavy atom. The van der Waals surface area contributed by atoms with Gasteiger partial charge in [0.15, 0.2) is 0 Å². The summed E-state index contributed by atoms with van der Waals surface area (Å²) in [6.45, 7) is 3.97. The fourth-order valence-electron chi connectivity index (χ4n) is 2.43. The highest BCUT2D eigenvalue weighted by atomic mass is 16.1. The van der Waals surface area contributed by atoms with Crippen molar-refractivity contribution in [2.45, 2.75) is 26.3 Å². The number of para-hydroxylation sites is 2. The van der Waals surface area contributed by atoms with Gasteiger partial charge >= 0.3 is 0 Å². The number of carbonyl (C=O) groups excluding carboxylic acids is 1. The lowest BCUT2D eigenvalue weighted by Crippen LogP contribution is -2.28. The number of fused-ring (bicyclic) bond motifs is 1. The van der Waals surface area contributed by atoms with Gasteiger partial charge < -0.3 is 10.3 Å². The summed E-state index contributed by atoms with van der Waals surface area (Å²) in [5.74, 6) is 0.773. The first-order valence-electron chi connectivity index (χ1n) is 7.41. The van der Waals surface area contributed by atoms with Gasteiger partial charge in [0.1, 0.15) is 5.82 Å². The number of aryl methyl sites for hydroxylation is 1. The molecule has 0 saturated carbocycles. The summed E-state index contributed by atoms with van der Waals surface area (Å²) in [5.41, 5.74) is 4.11. The predicted octanol–water partition coefficient (Wildman–Crippen LogP) is 3.29. The second kappa shape index (κ2) is 6.02. The van der Waals surface area contributed by atoms with Gasteiger partial charge in [-0.1, -0.05) is 42.0 Å². The summed E-state index contributed by atoms with van der Waals surface area (Å²) >= 11 is 0. The van der Waals surface area contributed by atoms with Crippen molar-refractivity contribution in [3.8, 4) is 0 Å². The van der Waals surface area contributed by atoms with Crippen molar-refractivity contribution in [3.63, 3.8) is 0 Å². The third-order valence-electron chi connectivity index (χ3n) is 3.68. The Morgan fingerprint density at radius 3 is 2.64 bits per heavy atom. The van der Waals surface area contributed by atoms with Gasteiger partial charge in [-0.3, -0.25) is 4.79 Å². The molecule has 0 fully saturated rings. The average Bonchev–Trinajstić information content (AvgIpc) is 2.93. The third kappa shape index (κ3) is 3.17. The lowest BCUT2D eigenvalue weighted by Gasteiger charge is -2.11. The van der Waals surface area contributed by atoms with Gasteiger partial charge in [0.25, 0.3) is 0 Å². The Morgan fingerprint density at radius 2 is 1.91 bits per heavy atom. The highest BCUT2D eigenvalue weighted by molar-refractivity contribution is 5.79. The van der Waals surface area contributed by atoms with E-state index in [1.165, 1.54) is 5.56 Å². The van der Waals surface area contributed by atoms with Gasteiger partial charge in [-0.25, -0.2) is 4.98 Å². The highest BCUT2D eigenvalue weighted by Gasteiger charge is 2.13. The topological polar surface area (TPSA) is 57.8 Å². The molecule has 0 saturated heterocycles. The first-order chi connectivity index (χ1) is 10.6. The van der Waals surface area contributed by atoms with Crippen LogP contribution in [0, 0.1) is 6.92 Å². The summed E-state index contributed by atoms with van der Waals surface area (Å²) in [5, 5.41) is 2.99. The maximum Gasteiger partial charge on any atom is 0.224 e. The molecule has 2 N–H and O–H groups in total. The van der Waals surface area contributed by atoms with E-state index in [4.69, 9.17) is 0 Å². The zero-order valence-corrected chi connectivity index (χ0v) is 12.8. The summed E-state index contributed by atoms with van der Waals surface area (Å²) in [7, 11) is 0. The molecule has 112 valence electrons. The first-order valence-corrected chi connectivity index (χ1v) is 7.41. The van der Waals surface area contributed by atoms with E-state index in [1.807, 2.05) is 62.4 Å². The van der Waals surface area contributed by atoms with E-state index in [0.29, 0.717) is 6.42 Å². The standard InChI is InChI=1S/C18H19N3O/c1-12-7-9-14(10-8-12)11-17(22)19-13(2)18-20-15-5-3-4-6-16(15)21-18/h3-10,13H,11H2,1-2H3,(H,19,22)(H,20,21)/t13-/m0/s1. The van der Waals surface area contributed by atoms with Crippen molar-refractivity contribution >= 4 is 16.9 Å². The van der Waals surface area contributed by atoms with Gasteiger partial charge in [0.05, 0.1) is 23.5 Å². The molecule has 4 heteroatoms. The molecule has 4 nitrogen and oxygen atoms in total. The van der Waals surface area contributed by atoms with Crippen molar-refractivity contribution in [1.82, 2.24) is 15.3 Å². The van der Waals surface area contributed by atoms with Crippen molar-refractivity contribution < 1.29 is 4.79 Å². The van der Waals surface area contributed by atoms with E-state index in [9.17, 15) is 4.79 Å². The number of aromatic nitrogens is 2. The minimum atomic E-state index is -0.148. The molecule has 2 aromatic carbocycles. The van der Waals surface area contributed by atoms with Crippen LogP contribution >= 0.6 is 0 Å². The molecule has 0 aliphatic heterocycles. The van der Waals surface area contributed by atoms with Crippen LogP contribution in [0.1, 0.15) is 29.9 Å². The smallest absolute Gasteiger partial charge is 0.224 e. The minimum Gasteiger partial charge on any atom is -0.346 e. The summed E-state index contributed by atoms with van der Waals surface area (Å²) in [6, 6.07) is 15.7. The third-order valence-corrected chi connectivity index (χ3v) is 3.68. The minimum absolute atomic E-state index is 0.00295. The van der Waals surface area contributed by atoms with E-state index in [2.05, 4.69) is 15.3 Å². The molecule has 1 heterocycles. The number of aromatic amines is 1. The molecule has 1 aromatic heterocycles. The summed E-state index contributed by atoms with van der Waals surface area (Å²) in [4.78, 5) is 19.9. The van der Waals surface area contributed by atoms with Crippen LogP contribution in [0.25, 0.3) is 11.0 Å². The molecule has 0 spiro atoms. The molecule has 0 bridgehead atoms. The maximum atomic E-state index is 12.1. The fraction of sp³-hybridized carbons (Fsp3) is 0.222. The second-order valence-corrected chi connectivity index (χ2v) is 5.59. The number of rotatable bonds is 4. The Labute approximate surface area is 129 Å². The van der Waals surface area contributed by atoms with E-state index in [1.54, 1.807) is 0 Å². The Balaban J connectivity index is 1.66. The molecule has 1 amide bonds. The lowest BCUT2D eigenvalue weighted by molar-refractivity contribution is -0.121. The molecule has 22 heavy (non-hydrogen) atoms. The van der Waals surface area contributed by atoms with Crippen LogP contribution in [-0.2, 0) is 11.2 Å². The van der Waals surface area contributed by atoms with Crippen molar-refractivity contribution in [3.05, 3.63) is 65.5 Å². The van der Waals surface area contributed by atoms with Gasteiger partial charge in [-0.15, -0.1) is 0 Å². The SMILES string of the molecule is Cc1ccc(CC(=O)N[C@@H](C)c2nc3ccccc3[nH]2)cc1. The van der Waals surface area contributed by atoms with Gasteiger partial charge in [-0.2, -0.15) is 0 Å². The van der Waals surface area contributed by atoms with Crippen LogP contribution < -0.4 is 5.32 Å². The van der Waals surface area contributed by atoms with Crippen LogP contribution in [0.4, 0.5) is 0 Å². The van der Waals surface area contributed by atoms with Crippen molar-refractivity contribution in [2.75, 3.05) is 0 Å². The number of nitrogens with one attached hydrogen (secondary N) is 2. The van der Waals surface area contributed by atoms with E-state index in [0.717, 1.165) is 22.4 Å². The molecule has 3 rings (SSSR count). The number of hydrogen-bond donors (Lipinski definition) is 2. The van der Waals surface area contributed by atoms with Crippen LogP contribution in [0.5, 0.6) is 0 Å². The zero-order chi connectivity index (χ0) is 15.5. The molecular weight excluding hydrogens is 274 g/mol. The quantitative estimate of drug-likeness (QED) is 0.775. The Hall–Kier alpha value is -2.62. The van der Waals surface area contributed by atoms with Gasteiger partial charge in [0.2, 0.25) is 5.91 Å². The fourth-order valence-corrected chi connectivity index (χ4v) is 2.43.